The molecule has 1 aliphatic rings. The van der Waals surface area contributed by atoms with Crippen molar-refractivity contribution in [3.05, 3.63) is 35.9 Å². The molecule has 0 saturated carbocycles. The molecule has 7 nitrogen and oxygen atoms in total. The smallest absolute Gasteiger partial charge is 0.326 e. The topological polar surface area (TPSA) is 104 Å². The molecule has 1 unspecified atom stereocenters. The van der Waals surface area contributed by atoms with Gasteiger partial charge in [0.2, 0.25) is 11.8 Å². The highest BCUT2D eigenvalue weighted by Gasteiger charge is 2.37. The molecule has 28 heavy (non-hydrogen) atoms. The van der Waals surface area contributed by atoms with Crippen LogP contribution in [0.15, 0.2) is 30.3 Å². The normalized spacial score (nSPS) is 18.4. The molecule has 1 aromatic carbocycles. The van der Waals surface area contributed by atoms with Gasteiger partial charge in [-0.05, 0) is 18.4 Å². The lowest BCUT2D eigenvalue weighted by atomic mass is 10.1. The second-order valence-electron chi connectivity index (χ2n) is 6.98. The van der Waals surface area contributed by atoms with Crippen molar-refractivity contribution in [2.45, 2.75) is 45.2 Å². The summed E-state index contributed by atoms with van der Waals surface area (Å²) in [7, 11) is 0. The summed E-state index contributed by atoms with van der Waals surface area (Å²) in [6.45, 7) is 3.65. The van der Waals surface area contributed by atoms with Gasteiger partial charge in [0.1, 0.15) is 12.1 Å². The third kappa shape index (κ3) is 6.09. The molecule has 0 radical (unpaired) electrons. The molecule has 8 heteroatoms. The summed E-state index contributed by atoms with van der Waals surface area (Å²) in [6, 6.07) is 7.35. The first-order valence-electron chi connectivity index (χ1n) is 9.30. The fraction of sp³-hybridized carbons (Fsp3) is 0.500. The van der Waals surface area contributed by atoms with E-state index in [9.17, 15) is 24.3 Å². The van der Waals surface area contributed by atoms with Gasteiger partial charge in [0.15, 0.2) is 5.12 Å². The van der Waals surface area contributed by atoms with Gasteiger partial charge in [0.25, 0.3) is 0 Å². The zero-order valence-corrected chi connectivity index (χ0v) is 16.9. The summed E-state index contributed by atoms with van der Waals surface area (Å²) in [5.74, 6) is -1.76. The highest BCUT2D eigenvalue weighted by molar-refractivity contribution is 8.13. The number of rotatable bonds is 8. The summed E-state index contributed by atoms with van der Waals surface area (Å²) < 4.78 is 0. The number of nitrogens with zero attached hydrogens (tertiary/aromatic N) is 1. The lowest BCUT2D eigenvalue weighted by molar-refractivity contribution is -0.144. The molecule has 1 saturated heterocycles. The van der Waals surface area contributed by atoms with E-state index in [1.165, 1.54) is 11.8 Å². The van der Waals surface area contributed by atoms with Gasteiger partial charge in [-0.2, -0.15) is 0 Å². The number of amides is 2. The van der Waals surface area contributed by atoms with Crippen LogP contribution in [-0.2, 0) is 25.6 Å². The number of aliphatic carboxylic acids is 1. The summed E-state index contributed by atoms with van der Waals surface area (Å²) >= 11 is 1.09. The maximum absolute atomic E-state index is 12.7. The average Bonchev–Trinajstić information content (AvgIpc) is 3.15. The Morgan fingerprint density at radius 3 is 2.54 bits per heavy atom. The second kappa shape index (κ2) is 10.3. The predicted octanol–water partition coefficient (Wildman–Crippen LogP) is 1.71. The second-order valence-corrected chi connectivity index (χ2v) is 8.18. The average molecular weight is 407 g/mol. The van der Waals surface area contributed by atoms with Gasteiger partial charge in [-0.3, -0.25) is 14.4 Å². The van der Waals surface area contributed by atoms with Crippen LogP contribution in [0.4, 0.5) is 0 Å². The van der Waals surface area contributed by atoms with Crippen LogP contribution in [0.3, 0.4) is 0 Å². The van der Waals surface area contributed by atoms with Crippen LogP contribution in [0, 0.1) is 5.92 Å². The molecule has 0 bridgehead atoms. The zero-order chi connectivity index (χ0) is 20.7. The molecule has 0 spiro atoms. The van der Waals surface area contributed by atoms with Crippen molar-refractivity contribution in [2.24, 2.45) is 5.92 Å². The highest BCUT2D eigenvalue weighted by Crippen LogP contribution is 2.22. The molecular formula is C20H26N2O5S. The van der Waals surface area contributed by atoms with Crippen molar-refractivity contribution < 1.29 is 24.3 Å². The van der Waals surface area contributed by atoms with Gasteiger partial charge in [0, 0.05) is 31.6 Å². The van der Waals surface area contributed by atoms with Crippen molar-refractivity contribution in [2.75, 3.05) is 12.3 Å². The number of hydrogen-bond acceptors (Lipinski definition) is 5. The van der Waals surface area contributed by atoms with E-state index in [0.717, 1.165) is 17.3 Å². The van der Waals surface area contributed by atoms with Crippen LogP contribution in [0.1, 0.15) is 32.3 Å². The van der Waals surface area contributed by atoms with Crippen molar-refractivity contribution >= 4 is 34.7 Å². The van der Waals surface area contributed by atoms with E-state index in [-0.39, 0.29) is 23.4 Å². The Bertz CT molecular complexity index is 725. The molecule has 3 atom stereocenters. The van der Waals surface area contributed by atoms with Crippen molar-refractivity contribution in [1.82, 2.24) is 10.2 Å². The molecule has 2 amide bonds. The van der Waals surface area contributed by atoms with Crippen LogP contribution in [-0.4, -0.2) is 57.3 Å². The number of hydrogen-bond donors (Lipinski definition) is 2. The summed E-state index contributed by atoms with van der Waals surface area (Å²) in [4.78, 5) is 49.6. The number of benzene rings is 1. The number of carbonyl (C=O) groups excluding carboxylic acids is 3. The van der Waals surface area contributed by atoms with Gasteiger partial charge in [-0.25, -0.2) is 4.79 Å². The summed E-state index contributed by atoms with van der Waals surface area (Å²) in [6.07, 6.45) is 1.36. The minimum absolute atomic E-state index is 0.0550. The van der Waals surface area contributed by atoms with Crippen LogP contribution in [0.5, 0.6) is 0 Å². The van der Waals surface area contributed by atoms with E-state index in [1.54, 1.807) is 6.92 Å². The van der Waals surface area contributed by atoms with Crippen molar-refractivity contribution in [1.29, 1.82) is 0 Å². The highest BCUT2D eigenvalue weighted by atomic mass is 32.2. The maximum atomic E-state index is 12.7. The SMILES string of the molecule is CC(=O)SC[C@@H](C)C(=O)N1CCC[C@@H]1C(=O)NC(Cc1ccccc1)C(=O)O. The molecule has 2 N–H and O–H groups in total. The monoisotopic (exact) mass is 406 g/mol. The fourth-order valence-electron chi connectivity index (χ4n) is 3.22. The molecule has 2 rings (SSSR count). The number of likely N-dealkylation sites (tertiary alicyclic amines) is 1. The summed E-state index contributed by atoms with van der Waals surface area (Å²) in [5, 5.41) is 12.0. The Morgan fingerprint density at radius 2 is 1.93 bits per heavy atom. The molecule has 1 heterocycles. The molecule has 152 valence electrons. The lowest BCUT2D eigenvalue weighted by Crippen LogP contribution is -2.52. The minimum atomic E-state index is -1.11. The van der Waals surface area contributed by atoms with E-state index in [0.29, 0.717) is 25.1 Å². The Morgan fingerprint density at radius 1 is 1.25 bits per heavy atom. The number of carbonyl (C=O) groups is 4. The van der Waals surface area contributed by atoms with Gasteiger partial charge in [-0.1, -0.05) is 49.0 Å². The van der Waals surface area contributed by atoms with Gasteiger partial charge in [-0.15, -0.1) is 0 Å². The largest absolute Gasteiger partial charge is 0.480 e. The number of nitrogens with one attached hydrogen (secondary N) is 1. The number of carboxylic acids is 1. The first-order valence-corrected chi connectivity index (χ1v) is 10.3. The first kappa shape index (κ1) is 21.9. The molecule has 1 fully saturated rings. The Labute approximate surface area is 168 Å². The Balaban J connectivity index is 2.01. The zero-order valence-electron chi connectivity index (χ0n) is 16.1. The lowest BCUT2D eigenvalue weighted by Gasteiger charge is -2.27. The van der Waals surface area contributed by atoms with Crippen LogP contribution in [0.2, 0.25) is 0 Å². The fourth-order valence-corrected chi connectivity index (χ4v) is 3.84. The number of carboxylic acid groups (broad SMARTS) is 1. The predicted molar refractivity (Wildman–Crippen MR) is 107 cm³/mol. The first-order chi connectivity index (χ1) is 13.3. The summed E-state index contributed by atoms with van der Waals surface area (Å²) in [5.41, 5.74) is 0.810. The van der Waals surface area contributed by atoms with Crippen molar-refractivity contribution in [3.63, 3.8) is 0 Å². The minimum Gasteiger partial charge on any atom is -0.480 e. The van der Waals surface area contributed by atoms with E-state index in [4.69, 9.17) is 0 Å². The molecule has 1 aromatic rings. The number of thioether (sulfide) groups is 1. The third-order valence-corrected chi connectivity index (χ3v) is 5.77. The molecular weight excluding hydrogens is 380 g/mol. The van der Waals surface area contributed by atoms with Crippen molar-refractivity contribution in [3.8, 4) is 0 Å². The third-order valence-electron chi connectivity index (χ3n) is 4.69. The van der Waals surface area contributed by atoms with Gasteiger partial charge >= 0.3 is 5.97 Å². The van der Waals surface area contributed by atoms with E-state index < -0.39 is 24.0 Å². The van der Waals surface area contributed by atoms with Gasteiger partial charge < -0.3 is 15.3 Å². The van der Waals surface area contributed by atoms with E-state index in [2.05, 4.69) is 5.32 Å². The van der Waals surface area contributed by atoms with E-state index in [1.807, 2.05) is 30.3 Å². The van der Waals surface area contributed by atoms with Gasteiger partial charge in [0.05, 0.1) is 0 Å². The standard InChI is InChI=1S/C20H26N2O5S/c1-13(12-28-14(2)23)19(25)22-10-6-9-17(22)18(24)21-16(20(26)27)11-15-7-4-3-5-8-15/h3-5,7-8,13,16-17H,6,9-12H2,1-2H3,(H,21,24)(H,26,27)/t13-,16?,17-/m1/s1. The molecule has 0 aromatic heterocycles. The van der Waals surface area contributed by atoms with Crippen LogP contribution in [0.25, 0.3) is 0 Å². The Kier molecular flexibility index (Phi) is 8.04. The van der Waals surface area contributed by atoms with Crippen LogP contribution >= 0.6 is 11.8 Å². The van der Waals surface area contributed by atoms with E-state index >= 15 is 0 Å². The van der Waals surface area contributed by atoms with Crippen LogP contribution < -0.4 is 5.32 Å². The quantitative estimate of drug-likeness (QED) is 0.681. The molecule has 1 aliphatic heterocycles. The maximum Gasteiger partial charge on any atom is 0.326 e. The molecule has 0 aliphatic carbocycles. The Hall–Kier alpha value is -2.35.